The quantitative estimate of drug-likeness (QED) is 0.373. The van der Waals surface area contributed by atoms with E-state index in [1.165, 1.54) is 21.5 Å². The molecular weight excluding hydrogens is 323 g/mol. The summed E-state index contributed by atoms with van der Waals surface area (Å²) in [7, 11) is 0. The fourth-order valence-electron chi connectivity index (χ4n) is 3.15. The standard InChI is InChI=1S/C21H14Cl2/c22-20-11-9-14-5-1-3-7-16(14)18(20)13-19-17-8-4-2-6-15(17)10-12-21(19)23/h1-12H,13H2. The average Bonchev–Trinajstić information content (AvgIpc) is 2.59. The van der Waals surface area contributed by atoms with Gasteiger partial charge >= 0.3 is 0 Å². The van der Waals surface area contributed by atoms with E-state index in [1.54, 1.807) is 0 Å². The first-order chi connectivity index (χ1) is 11.2. The Kier molecular flexibility index (Phi) is 3.72. The van der Waals surface area contributed by atoms with Crippen LogP contribution in [0.15, 0.2) is 72.8 Å². The van der Waals surface area contributed by atoms with Gasteiger partial charge in [-0.25, -0.2) is 0 Å². The molecule has 0 spiro atoms. The Bertz CT molecular complexity index is 935. The van der Waals surface area contributed by atoms with Gasteiger partial charge in [0.15, 0.2) is 0 Å². The van der Waals surface area contributed by atoms with Crippen molar-refractivity contribution in [3.8, 4) is 0 Å². The molecule has 0 fully saturated rings. The molecule has 0 aromatic heterocycles. The van der Waals surface area contributed by atoms with Crippen molar-refractivity contribution in [1.82, 2.24) is 0 Å². The Balaban J connectivity index is 1.95. The lowest BCUT2D eigenvalue weighted by Crippen LogP contribution is -1.94. The molecular formula is C21H14Cl2. The number of fused-ring (bicyclic) bond motifs is 2. The van der Waals surface area contributed by atoms with Crippen LogP contribution < -0.4 is 0 Å². The highest BCUT2D eigenvalue weighted by Crippen LogP contribution is 2.33. The van der Waals surface area contributed by atoms with E-state index in [0.29, 0.717) is 0 Å². The second-order valence-corrected chi connectivity index (χ2v) is 6.49. The molecule has 4 aromatic rings. The summed E-state index contributed by atoms with van der Waals surface area (Å²) >= 11 is 13.0. The molecule has 0 aliphatic carbocycles. The van der Waals surface area contributed by atoms with Crippen molar-refractivity contribution < 1.29 is 0 Å². The van der Waals surface area contributed by atoms with Gasteiger partial charge in [0.05, 0.1) is 0 Å². The van der Waals surface area contributed by atoms with Gasteiger partial charge in [0, 0.05) is 16.5 Å². The summed E-state index contributed by atoms with van der Waals surface area (Å²) in [6, 6.07) is 24.7. The molecule has 0 nitrogen and oxygen atoms in total. The predicted molar refractivity (Wildman–Crippen MR) is 101 cm³/mol. The van der Waals surface area contributed by atoms with E-state index in [9.17, 15) is 0 Å². The van der Waals surface area contributed by atoms with Gasteiger partial charge in [0.2, 0.25) is 0 Å². The van der Waals surface area contributed by atoms with Gasteiger partial charge in [0.25, 0.3) is 0 Å². The van der Waals surface area contributed by atoms with E-state index in [4.69, 9.17) is 23.2 Å². The van der Waals surface area contributed by atoms with Crippen LogP contribution >= 0.6 is 23.2 Å². The van der Waals surface area contributed by atoms with Crippen LogP contribution in [0.5, 0.6) is 0 Å². The van der Waals surface area contributed by atoms with Crippen LogP contribution in [-0.2, 0) is 6.42 Å². The molecule has 0 unspecified atom stereocenters. The van der Waals surface area contributed by atoms with Crippen molar-refractivity contribution in [3.63, 3.8) is 0 Å². The van der Waals surface area contributed by atoms with Gasteiger partial charge in [-0.15, -0.1) is 0 Å². The lowest BCUT2D eigenvalue weighted by molar-refractivity contribution is 1.24. The maximum Gasteiger partial charge on any atom is 0.0447 e. The highest BCUT2D eigenvalue weighted by atomic mass is 35.5. The zero-order valence-electron chi connectivity index (χ0n) is 12.4. The number of halogens is 2. The first-order valence-electron chi connectivity index (χ1n) is 7.56. The Morgan fingerprint density at radius 3 is 1.43 bits per heavy atom. The highest BCUT2D eigenvalue weighted by molar-refractivity contribution is 6.33. The molecule has 112 valence electrons. The van der Waals surface area contributed by atoms with Crippen LogP contribution in [0.2, 0.25) is 10.0 Å². The fourth-order valence-corrected chi connectivity index (χ4v) is 3.62. The van der Waals surface area contributed by atoms with Crippen molar-refractivity contribution in [2.24, 2.45) is 0 Å². The number of benzene rings is 4. The lowest BCUT2D eigenvalue weighted by atomic mass is 9.95. The van der Waals surface area contributed by atoms with Crippen molar-refractivity contribution in [3.05, 3.63) is 94.0 Å². The molecule has 0 bridgehead atoms. The number of hydrogen-bond acceptors (Lipinski definition) is 0. The third-order valence-electron chi connectivity index (χ3n) is 4.32. The van der Waals surface area contributed by atoms with Crippen molar-refractivity contribution in [2.45, 2.75) is 6.42 Å². The molecule has 23 heavy (non-hydrogen) atoms. The second-order valence-electron chi connectivity index (χ2n) is 5.67. The maximum atomic E-state index is 6.51. The van der Waals surface area contributed by atoms with E-state index >= 15 is 0 Å². The van der Waals surface area contributed by atoms with Gasteiger partial charge in [-0.1, -0.05) is 83.9 Å². The van der Waals surface area contributed by atoms with E-state index in [2.05, 4.69) is 36.4 Å². The van der Waals surface area contributed by atoms with Crippen LogP contribution in [-0.4, -0.2) is 0 Å². The Morgan fingerprint density at radius 2 is 0.957 bits per heavy atom. The normalized spacial score (nSPS) is 11.2. The Hall–Kier alpha value is -2.02. The molecule has 0 saturated heterocycles. The van der Waals surface area contributed by atoms with Crippen LogP contribution in [0, 0.1) is 0 Å². The van der Waals surface area contributed by atoms with Crippen molar-refractivity contribution >= 4 is 44.7 Å². The Morgan fingerprint density at radius 1 is 0.522 bits per heavy atom. The molecule has 0 saturated carbocycles. The highest BCUT2D eigenvalue weighted by Gasteiger charge is 2.12. The minimum absolute atomic E-state index is 0.723. The molecule has 0 aliphatic heterocycles. The minimum Gasteiger partial charge on any atom is -0.0840 e. The summed E-state index contributed by atoms with van der Waals surface area (Å²) < 4.78 is 0. The molecule has 2 heteroatoms. The topological polar surface area (TPSA) is 0 Å². The van der Waals surface area contributed by atoms with Gasteiger partial charge < -0.3 is 0 Å². The minimum atomic E-state index is 0.723. The third kappa shape index (κ3) is 2.59. The van der Waals surface area contributed by atoms with Crippen LogP contribution in [0.3, 0.4) is 0 Å². The largest absolute Gasteiger partial charge is 0.0840 e. The molecule has 0 N–H and O–H groups in total. The van der Waals surface area contributed by atoms with Gasteiger partial charge in [-0.2, -0.15) is 0 Å². The van der Waals surface area contributed by atoms with Crippen LogP contribution in [0.25, 0.3) is 21.5 Å². The zero-order valence-corrected chi connectivity index (χ0v) is 13.9. The van der Waals surface area contributed by atoms with Gasteiger partial charge in [-0.05, 0) is 44.8 Å². The van der Waals surface area contributed by atoms with Crippen LogP contribution in [0.1, 0.15) is 11.1 Å². The third-order valence-corrected chi connectivity index (χ3v) is 5.03. The number of hydrogen-bond donors (Lipinski definition) is 0. The van der Waals surface area contributed by atoms with E-state index in [0.717, 1.165) is 27.6 Å². The van der Waals surface area contributed by atoms with Crippen LogP contribution in [0.4, 0.5) is 0 Å². The second kappa shape index (κ2) is 5.88. The van der Waals surface area contributed by atoms with Gasteiger partial charge in [0.1, 0.15) is 0 Å². The molecule has 0 amide bonds. The monoisotopic (exact) mass is 336 g/mol. The number of rotatable bonds is 2. The van der Waals surface area contributed by atoms with Crippen molar-refractivity contribution in [2.75, 3.05) is 0 Å². The first-order valence-corrected chi connectivity index (χ1v) is 8.32. The summed E-state index contributed by atoms with van der Waals surface area (Å²) in [5, 5.41) is 6.33. The zero-order chi connectivity index (χ0) is 15.8. The Labute approximate surface area is 145 Å². The summed E-state index contributed by atoms with van der Waals surface area (Å²) in [5.74, 6) is 0. The fraction of sp³-hybridized carbons (Fsp3) is 0.0476. The SMILES string of the molecule is Clc1ccc2ccccc2c1Cc1c(Cl)ccc2ccccc12. The smallest absolute Gasteiger partial charge is 0.0447 e. The predicted octanol–water partition coefficient (Wildman–Crippen LogP) is 6.89. The summed E-state index contributed by atoms with van der Waals surface area (Å²) in [6.07, 6.45) is 0.723. The molecule has 0 atom stereocenters. The summed E-state index contributed by atoms with van der Waals surface area (Å²) in [6.45, 7) is 0. The van der Waals surface area contributed by atoms with E-state index in [1.807, 2.05) is 36.4 Å². The average molecular weight is 337 g/mol. The molecule has 0 heterocycles. The molecule has 0 aliphatic rings. The molecule has 4 rings (SSSR count). The van der Waals surface area contributed by atoms with E-state index < -0.39 is 0 Å². The molecule has 0 radical (unpaired) electrons. The first kappa shape index (κ1) is 14.6. The van der Waals surface area contributed by atoms with E-state index in [-0.39, 0.29) is 0 Å². The lowest BCUT2D eigenvalue weighted by Gasteiger charge is -2.13. The molecule has 4 aromatic carbocycles. The van der Waals surface area contributed by atoms with Crippen molar-refractivity contribution in [1.29, 1.82) is 0 Å². The van der Waals surface area contributed by atoms with Gasteiger partial charge in [-0.3, -0.25) is 0 Å². The maximum absolute atomic E-state index is 6.51. The summed E-state index contributed by atoms with van der Waals surface area (Å²) in [4.78, 5) is 0. The summed E-state index contributed by atoms with van der Waals surface area (Å²) in [5.41, 5.74) is 2.26.